The molecule has 0 radical (unpaired) electrons. The predicted octanol–water partition coefficient (Wildman–Crippen LogP) is 0.743. The van der Waals surface area contributed by atoms with Crippen molar-refractivity contribution in [2.24, 2.45) is 0 Å². The maximum absolute atomic E-state index is 11.2. The molecule has 0 aromatic carbocycles. The molecular weight excluding hydrogens is 152 g/mol. The third-order valence-electron chi connectivity index (χ3n) is 1.26. The Morgan fingerprint density at radius 1 is 1.33 bits per heavy atom. The highest BCUT2D eigenvalue weighted by atomic mass is 16.2. The van der Waals surface area contributed by atoms with Gasteiger partial charge in [-0.25, -0.2) is 0 Å². The molecule has 0 saturated carbocycles. The smallest absolute Gasteiger partial charge is 0.275 e. The van der Waals surface area contributed by atoms with Crippen LogP contribution in [-0.2, 0) is 4.79 Å². The van der Waals surface area contributed by atoms with Crippen LogP contribution in [0.15, 0.2) is 17.0 Å². The van der Waals surface area contributed by atoms with E-state index in [4.69, 9.17) is 0 Å². The maximum Gasteiger partial charge on any atom is 0.275 e. The summed E-state index contributed by atoms with van der Waals surface area (Å²) >= 11 is 0. The van der Waals surface area contributed by atoms with Gasteiger partial charge in [-0.3, -0.25) is 4.79 Å². The molecule has 3 nitrogen and oxygen atoms in total. The Morgan fingerprint density at radius 2 is 1.83 bits per heavy atom. The number of carbonyl (C=O) groups excluding carboxylic acids is 1. The minimum absolute atomic E-state index is 0.110. The van der Waals surface area contributed by atoms with Gasteiger partial charge in [0.2, 0.25) is 0 Å². The summed E-state index contributed by atoms with van der Waals surface area (Å²) in [6.07, 6.45) is 0. The van der Waals surface area contributed by atoms with Gasteiger partial charge in [0.05, 0.1) is 0 Å². The van der Waals surface area contributed by atoms with Crippen LogP contribution >= 0.6 is 0 Å². The van der Waals surface area contributed by atoms with Gasteiger partial charge in [0.1, 0.15) is 5.70 Å². The minimum Gasteiger partial charge on any atom is -0.367 e. The molecule has 0 aliphatic heterocycles. The zero-order valence-corrected chi connectivity index (χ0v) is 8.36. The van der Waals surface area contributed by atoms with Crippen LogP contribution in [0.1, 0.15) is 13.8 Å². The molecule has 3 heteroatoms. The first-order valence-electron chi connectivity index (χ1n) is 3.82. The molecule has 0 saturated heterocycles. The van der Waals surface area contributed by atoms with E-state index in [1.165, 1.54) is 0 Å². The van der Waals surface area contributed by atoms with E-state index in [9.17, 15) is 4.79 Å². The molecular formula is C9H16N2O. The summed E-state index contributed by atoms with van der Waals surface area (Å²) in [5.74, 6) is -0.110. The van der Waals surface area contributed by atoms with E-state index in [-0.39, 0.29) is 5.91 Å². The zero-order valence-electron chi connectivity index (χ0n) is 8.36. The number of hydrogen-bond acceptors (Lipinski definition) is 2. The lowest BCUT2D eigenvalue weighted by atomic mass is 10.3. The van der Waals surface area contributed by atoms with Crippen molar-refractivity contribution in [2.45, 2.75) is 13.8 Å². The first kappa shape index (κ1) is 10.8. The minimum atomic E-state index is -0.110. The van der Waals surface area contributed by atoms with Gasteiger partial charge in [-0.15, -0.1) is 0 Å². The summed E-state index contributed by atoms with van der Waals surface area (Å²) in [6, 6.07) is 0. The predicted molar refractivity (Wildman–Crippen MR) is 49.6 cm³/mol. The fourth-order valence-corrected chi connectivity index (χ4v) is 0.727. The van der Waals surface area contributed by atoms with Crippen LogP contribution in [0.3, 0.4) is 0 Å². The molecule has 0 fully saturated rings. The lowest BCUT2D eigenvalue weighted by Gasteiger charge is -2.12. The van der Waals surface area contributed by atoms with Crippen LogP contribution < -0.4 is 5.32 Å². The van der Waals surface area contributed by atoms with Crippen LogP contribution in [0.2, 0.25) is 0 Å². The van der Waals surface area contributed by atoms with Crippen LogP contribution in [0.25, 0.3) is 0 Å². The molecule has 12 heavy (non-hydrogen) atoms. The van der Waals surface area contributed by atoms with Crippen molar-refractivity contribution in [1.82, 2.24) is 10.2 Å². The second-order valence-corrected chi connectivity index (χ2v) is 2.95. The molecule has 0 aliphatic rings. The summed E-state index contributed by atoms with van der Waals surface area (Å²) in [4.78, 5) is 13.0. The van der Waals surface area contributed by atoms with Crippen molar-refractivity contribution < 1.29 is 4.79 Å². The van der Waals surface area contributed by atoms with Crippen molar-refractivity contribution in [2.75, 3.05) is 21.1 Å². The largest absolute Gasteiger partial charge is 0.367 e. The van der Waals surface area contributed by atoms with E-state index in [0.717, 1.165) is 5.57 Å². The molecule has 68 valence electrons. The summed E-state index contributed by atoms with van der Waals surface area (Å²) in [6.45, 7) is 3.82. The lowest BCUT2D eigenvalue weighted by molar-refractivity contribution is -0.118. The Morgan fingerprint density at radius 3 is 2.08 bits per heavy atom. The number of carbonyl (C=O) groups is 1. The zero-order chi connectivity index (χ0) is 9.72. The number of nitrogens with zero attached hydrogens (tertiary/aromatic N) is 1. The molecule has 0 spiro atoms. The molecule has 0 aromatic heterocycles. The Kier molecular flexibility index (Phi) is 4.16. The van der Waals surface area contributed by atoms with Gasteiger partial charge in [-0.1, -0.05) is 5.73 Å². The highest BCUT2D eigenvalue weighted by molar-refractivity contribution is 5.92. The maximum atomic E-state index is 11.2. The van der Waals surface area contributed by atoms with Crippen LogP contribution in [0, 0.1) is 0 Å². The summed E-state index contributed by atoms with van der Waals surface area (Å²) in [5.41, 5.74) is 4.52. The average Bonchev–Trinajstić information content (AvgIpc) is 1.98. The van der Waals surface area contributed by atoms with E-state index >= 15 is 0 Å². The number of nitrogens with one attached hydrogen (secondary N) is 1. The fourth-order valence-electron chi connectivity index (χ4n) is 0.727. The second kappa shape index (κ2) is 4.62. The van der Waals surface area contributed by atoms with Gasteiger partial charge in [0.25, 0.3) is 5.91 Å². The lowest BCUT2D eigenvalue weighted by Crippen LogP contribution is -2.28. The monoisotopic (exact) mass is 168 g/mol. The van der Waals surface area contributed by atoms with Crippen molar-refractivity contribution >= 4 is 5.91 Å². The first-order valence-corrected chi connectivity index (χ1v) is 3.82. The third-order valence-corrected chi connectivity index (χ3v) is 1.26. The number of likely N-dealkylation sites (N-methyl/N-ethyl adjacent to an activating group) is 2. The van der Waals surface area contributed by atoms with E-state index < -0.39 is 0 Å². The van der Waals surface area contributed by atoms with Gasteiger partial charge in [-0.2, -0.15) is 0 Å². The van der Waals surface area contributed by atoms with Gasteiger partial charge in [0.15, 0.2) is 0 Å². The topological polar surface area (TPSA) is 32.3 Å². The number of amides is 1. The Bertz CT molecular complexity index is 231. The summed E-state index contributed by atoms with van der Waals surface area (Å²) in [5, 5.41) is 2.56. The molecule has 0 rings (SSSR count). The Balaban J connectivity index is 4.94. The first-order chi connectivity index (χ1) is 5.49. The molecule has 0 heterocycles. The fraction of sp³-hybridized carbons (Fsp3) is 0.556. The van der Waals surface area contributed by atoms with Crippen molar-refractivity contribution in [1.29, 1.82) is 0 Å². The third kappa shape index (κ3) is 3.26. The number of rotatable bonds is 2. The van der Waals surface area contributed by atoms with Gasteiger partial charge in [0, 0.05) is 21.1 Å². The van der Waals surface area contributed by atoms with E-state index in [0.29, 0.717) is 5.70 Å². The molecule has 0 unspecified atom stereocenters. The Labute approximate surface area is 73.8 Å². The van der Waals surface area contributed by atoms with E-state index in [2.05, 4.69) is 11.0 Å². The van der Waals surface area contributed by atoms with Gasteiger partial charge < -0.3 is 10.2 Å². The normalized spacial score (nSPS) is 8.42. The highest BCUT2D eigenvalue weighted by Gasteiger charge is 2.07. The Hall–Kier alpha value is -1.21. The van der Waals surface area contributed by atoms with Crippen molar-refractivity contribution in [3.63, 3.8) is 0 Å². The average molecular weight is 168 g/mol. The number of hydrogen-bond donors (Lipinski definition) is 1. The molecule has 1 amide bonds. The van der Waals surface area contributed by atoms with Crippen molar-refractivity contribution in [3.05, 3.63) is 17.0 Å². The SMILES string of the molecule is CNC(=O)C(=C=C(C)C)N(C)C. The molecule has 0 aliphatic carbocycles. The van der Waals surface area contributed by atoms with Crippen LogP contribution in [0.5, 0.6) is 0 Å². The van der Waals surface area contributed by atoms with Gasteiger partial charge in [-0.05, 0) is 19.4 Å². The van der Waals surface area contributed by atoms with Crippen LogP contribution in [0.4, 0.5) is 0 Å². The highest BCUT2D eigenvalue weighted by Crippen LogP contribution is 1.98. The quantitative estimate of drug-likeness (QED) is 0.487. The van der Waals surface area contributed by atoms with E-state index in [1.807, 2.05) is 27.9 Å². The molecule has 0 aromatic rings. The summed E-state index contributed by atoms with van der Waals surface area (Å²) in [7, 11) is 5.25. The second-order valence-electron chi connectivity index (χ2n) is 2.95. The molecule has 1 N–H and O–H groups in total. The van der Waals surface area contributed by atoms with Crippen LogP contribution in [-0.4, -0.2) is 32.0 Å². The molecule has 0 atom stereocenters. The summed E-state index contributed by atoms with van der Waals surface area (Å²) < 4.78 is 0. The van der Waals surface area contributed by atoms with E-state index in [1.54, 1.807) is 11.9 Å². The molecule has 0 bridgehead atoms. The van der Waals surface area contributed by atoms with Crippen molar-refractivity contribution in [3.8, 4) is 0 Å². The standard InChI is InChI=1S/C9H16N2O/c1-7(2)6-8(11(4)5)9(12)10-3/h1-5H3,(H,10,12). The van der Waals surface area contributed by atoms with Gasteiger partial charge >= 0.3 is 0 Å².